The monoisotopic (exact) mass is 251 g/mol. The van der Waals surface area contributed by atoms with Crippen molar-refractivity contribution < 1.29 is 4.79 Å². The van der Waals surface area contributed by atoms with Crippen molar-refractivity contribution in [3.8, 4) is 0 Å². The number of hydrogen-bond donors (Lipinski definition) is 1. The molecule has 0 spiro atoms. The summed E-state index contributed by atoms with van der Waals surface area (Å²) in [7, 11) is 0. The SMILES string of the molecule is CC1(C)NC(=O)C(c2ccccc2)c2ccccc21. The van der Waals surface area contributed by atoms with Crippen LogP contribution in [0.4, 0.5) is 0 Å². The lowest BCUT2D eigenvalue weighted by molar-refractivity contribution is -0.124. The lowest BCUT2D eigenvalue weighted by Gasteiger charge is -2.37. The predicted octanol–water partition coefficient (Wildman–Crippen LogP) is 3.18. The first kappa shape index (κ1) is 12.0. The maximum atomic E-state index is 12.5. The molecule has 2 nitrogen and oxygen atoms in total. The fourth-order valence-corrected chi connectivity index (χ4v) is 2.88. The van der Waals surface area contributed by atoms with Gasteiger partial charge in [-0.15, -0.1) is 0 Å². The zero-order valence-corrected chi connectivity index (χ0v) is 11.2. The molecule has 2 aromatic rings. The van der Waals surface area contributed by atoms with E-state index in [-0.39, 0.29) is 17.4 Å². The van der Waals surface area contributed by atoms with E-state index in [1.54, 1.807) is 0 Å². The molecule has 0 saturated carbocycles. The van der Waals surface area contributed by atoms with E-state index in [9.17, 15) is 4.79 Å². The Hall–Kier alpha value is -2.09. The highest BCUT2D eigenvalue weighted by Crippen LogP contribution is 2.37. The van der Waals surface area contributed by atoms with Gasteiger partial charge < -0.3 is 5.32 Å². The van der Waals surface area contributed by atoms with Crippen LogP contribution in [0.15, 0.2) is 54.6 Å². The highest BCUT2D eigenvalue weighted by Gasteiger charge is 2.37. The van der Waals surface area contributed by atoms with Gasteiger partial charge in [0.15, 0.2) is 0 Å². The summed E-state index contributed by atoms with van der Waals surface area (Å²) in [6.07, 6.45) is 0. The third-order valence-electron chi connectivity index (χ3n) is 3.78. The van der Waals surface area contributed by atoms with Gasteiger partial charge in [0.1, 0.15) is 0 Å². The molecule has 0 aliphatic carbocycles. The molecule has 0 aromatic heterocycles. The number of benzene rings is 2. The molecular weight excluding hydrogens is 234 g/mol. The summed E-state index contributed by atoms with van der Waals surface area (Å²) in [6, 6.07) is 18.1. The van der Waals surface area contributed by atoms with Crippen LogP contribution in [0.1, 0.15) is 36.5 Å². The zero-order chi connectivity index (χ0) is 13.5. The summed E-state index contributed by atoms with van der Waals surface area (Å²) in [5.74, 6) is -0.125. The maximum Gasteiger partial charge on any atom is 0.232 e. The molecule has 2 aromatic carbocycles. The minimum atomic E-state index is -0.307. The van der Waals surface area contributed by atoms with E-state index in [0.717, 1.165) is 11.1 Å². The normalized spacial score (nSPS) is 20.5. The van der Waals surface area contributed by atoms with E-state index in [0.29, 0.717) is 0 Å². The number of rotatable bonds is 1. The van der Waals surface area contributed by atoms with Gasteiger partial charge in [0.05, 0.1) is 11.5 Å². The third kappa shape index (κ3) is 1.93. The number of fused-ring (bicyclic) bond motifs is 1. The highest BCUT2D eigenvalue weighted by molar-refractivity contribution is 5.90. The summed E-state index contributed by atoms with van der Waals surface area (Å²) >= 11 is 0. The van der Waals surface area contributed by atoms with Crippen molar-refractivity contribution in [2.24, 2.45) is 0 Å². The number of nitrogens with one attached hydrogen (secondary N) is 1. The first-order valence-electron chi connectivity index (χ1n) is 6.56. The molecule has 1 amide bonds. The van der Waals surface area contributed by atoms with Crippen LogP contribution < -0.4 is 5.32 Å². The lowest BCUT2D eigenvalue weighted by atomic mass is 9.77. The van der Waals surface area contributed by atoms with Gasteiger partial charge in [-0.25, -0.2) is 0 Å². The van der Waals surface area contributed by atoms with Crippen molar-refractivity contribution in [1.82, 2.24) is 5.32 Å². The number of hydrogen-bond acceptors (Lipinski definition) is 1. The van der Waals surface area contributed by atoms with E-state index >= 15 is 0 Å². The number of carbonyl (C=O) groups is 1. The Kier molecular flexibility index (Phi) is 2.67. The van der Waals surface area contributed by atoms with Crippen molar-refractivity contribution in [3.63, 3.8) is 0 Å². The molecule has 1 aliphatic heterocycles. The van der Waals surface area contributed by atoms with Crippen LogP contribution in [-0.4, -0.2) is 5.91 Å². The average Bonchev–Trinajstić information content (AvgIpc) is 2.39. The first-order valence-corrected chi connectivity index (χ1v) is 6.56. The lowest BCUT2D eigenvalue weighted by Crippen LogP contribution is -2.48. The van der Waals surface area contributed by atoms with Gasteiger partial charge in [-0.3, -0.25) is 4.79 Å². The van der Waals surface area contributed by atoms with Crippen molar-refractivity contribution >= 4 is 5.91 Å². The Bertz CT molecular complexity index is 616. The Labute approximate surface area is 113 Å². The number of amides is 1. The molecule has 1 heterocycles. The van der Waals surface area contributed by atoms with Crippen LogP contribution in [0, 0.1) is 0 Å². The fourth-order valence-electron chi connectivity index (χ4n) is 2.88. The van der Waals surface area contributed by atoms with Crippen LogP contribution in [0.3, 0.4) is 0 Å². The summed E-state index contributed by atoms with van der Waals surface area (Å²) in [6.45, 7) is 4.09. The van der Waals surface area contributed by atoms with Crippen molar-refractivity contribution in [1.29, 1.82) is 0 Å². The molecule has 0 bridgehead atoms. The maximum absolute atomic E-state index is 12.5. The molecule has 1 N–H and O–H groups in total. The molecule has 1 atom stereocenters. The largest absolute Gasteiger partial charge is 0.346 e. The van der Waals surface area contributed by atoms with E-state index in [2.05, 4.69) is 17.4 Å². The topological polar surface area (TPSA) is 29.1 Å². The minimum absolute atomic E-state index is 0.0786. The summed E-state index contributed by atoms with van der Waals surface area (Å²) < 4.78 is 0. The van der Waals surface area contributed by atoms with E-state index in [1.165, 1.54) is 5.56 Å². The first-order chi connectivity index (χ1) is 9.09. The van der Waals surface area contributed by atoms with E-state index in [1.807, 2.05) is 56.3 Å². The van der Waals surface area contributed by atoms with Crippen LogP contribution in [0.5, 0.6) is 0 Å². The standard InChI is InChI=1S/C17H17NO/c1-17(2)14-11-7-6-10-13(14)15(16(19)18-17)12-8-4-3-5-9-12/h3-11,15H,1-2H3,(H,18,19). The average molecular weight is 251 g/mol. The second kappa shape index (κ2) is 4.23. The Morgan fingerprint density at radius 1 is 0.947 bits per heavy atom. The summed E-state index contributed by atoms with van der Waals surface area (Å²) in [5.41, 5.74) is 3.05. The van der Waals surface area contributed by atoms with Crippen molar-refractivity contribution in [2.75, 3.05) is 0 Å². The third-order valence-corrected chi connectivity index (χ3v) is 3.78. The highest BCUT2D eigenvalue weighted by atomic mass is 16.2. The molecule has 2 heteroatoms. The molecule has 3 rings (SSSR count). The molecule has 1 unspecified atom stereocenters. The second-order valence-electron chi connectivity index (χ2n) is 5.55. The van der Waals surface area contributed by atoms with Gasteiger partial charge in [0, 0.05) is 0 Å². The Balaban J connectivity index is 2.19. The van der Waals surface area contributed by atoms with E-state index < -0.39 is 0 Å². The van der Waals surface area contributed by atoms with Gasteiger partial charge in [-0.05, 0) is 30.5 Å². The van der Waals surface area contributed by atoms with Gasteiger partial charge in [-0.1, -0.05) is 54.6 Å². The smallest absolute Gasteiger partial charge is 0.232 e. The number of carbonyl (C=O) groups excluding carboxylic acids is 1. The molecular formula is C17H17NO. The summed E-state index contributed by atoms with van der Waals surface area (Å²) in [5, 5.41) is 3.12. The molecule has 1 aliphatic rings. The van der Waals surface area contributed by atoms with Crippen molar-refractivity contribution in [3.05, 3.63) is 71.3 Å². The van der Waals surface area contributed by atoms with Gasteiger partial charge in [0.25, 0.3) is 0 Å². The molecule has 0 fully saturated rings. The van der Waals surface area contributed by atoms with Crippen LogP contribution in [0.2, 0.25) is 0 Å². The quantitative estimate of drug-likeness (QED) is 0.828. The second-order valence-corrected chi connectivity index (χ2v) is 5.55. The van der Waals surface area contributed by atoms with Crippen molar-refractivity contribution in [2.45, 2.75) is 25.3 Å². The van der Waals surface area contributed by atoms with Gasteiger partial charge in [-0.2, -0.15) is 0 Å². The molecule has 0 saturated heterocycles. The Morgan fingerprint density at radius 3 is 2.32 bits per heavy atom. The Morgan fingerprint density at radius 2 is 1.58 bits per heavy atom. The molecule has 19 heavy (non-hydrogen) atoms. The minimum Gasteiger partial charge on any atom is -0.346 e. The van der Waals surface area contributed by atoms with Crippen LogP contribution in [-0.2, 0) is 10.3 Å². The van der Waals surface area contributed by atoms with Gasteiger partial charge in [0.2, 0.25) is 5.91 Å². The predicted molar refractivity (Wildman–Crippen MR) is 75.9 cm³/mol. The van der Waals surface area contributed by atoms with Gasteiger partial charge >= 0.3 is 0 Å². The van der Waals surface area contributed by atoms with Crippen LogP contribution >= 0.6 is 0 Å². The fraction of sp³-hybridized carbons (Fsp3) is 0.235. The van der Waals surface area contributed by atoms with E-state index in [4.69, 9.17) is 0 Å². The molecule has 0 radical (unpaired) electrons. The summed E-state index contributed by atoms with van der Waals surface area (Å²) in [4.78, 5) is 12.5. The zero-order valence-electron chi connectivity index (χ0n) is 11.2. The molecule has 96 valence electrons. The van der Waals surface area contributed by atoms with Crippen LogP contribution in [0.25, 0.3) is 0 Å².